The quantitative estimate of drug-likeness (QED) is 0.830. The number of nitrogens with zero attached hydrogens (tertiary/aromatic N) is 1. The van der Waals surface area contributed by atoms with Crippen molar-refractivity contribution in [2.75, 3.05) is 19.7 Å². The highest BCUT2D eigenvalue weighted by Gasteiger charge is 2.32. The van der Waals surface area contributed by atoms with Crippen LogP contribution in [0.2, 0.25) is 0 Å². The number of carbonyl (C=O) groups is 2. The van der Waals surface area contributed by atoms with Crippen molar-refractivity contribution in [1.82, 2.24) is 10.2 Å². The van der Waals surface area contributed by atoms with Gasteiger partial charge in [-0.3, -0.25) is 0 Å². The number of nitrogens with one attached hydrogen (secondary N) is 1. The van der Waals surface area contributed by atoms with Gasteiger partial charge in [-0.2, -0.15) is 0 Å². The van der Waals surface area contributed by atoms with E-state index in [1.54, 1.807) is 0 Å². The fourth-order valence-electron chi connectivity index (χ4n) is 3.31. The molecule has 0 aromatic rings. The Morgan fingerprint density at radius 1 is 1.29 bits per heavy atom. The number of carboxylic acids is 1. The Bertz CT molecular complexity index is 375. The molecule has 0 radical (unpaired) electrons. The first kappa shape index (κ1) is 16.1. The Hall–Kier alpha value is -1.30. The van der Waals surface area contributed by atoms with Crippen LogP contribution in [0.1, 0.15) is 45.4 Å². The summed E-state index contributed by atoms with van der Waals surface area (Å²) in [5.74, 6) is -0.558. The van der Waals surface area contributed by atoms with Crippen LogP contribution in [-0.2, 0) is 9.53 Å². The molecule has 2 fully saturated rings. The van der Waals surface area contributed by atoms with Crippen LogP contribution in [0.4, 0.5) is 4.79 Å². The fraction of sp³-hybridized carbons (Fsp3) is 0.867. The molecule has 0 aliphatic carbocycles. The second-order valence-electron chi connectivity index (χ2n) is 5.95. The lowest BCUT2D eigenvalue weighted by molar-refractivity contribution is -0.142. The number of hydrogen-bond donors (Lipinski definition) is 2. The van der Waals surface area contributed by atoms with Crippen LogP contribution >= 0.6 is 0 Å². The summed E-state index contributed by atoms with van der Waals surface area (Å²) in [6.07, 6.45) is 5.40. The van der Waals surface area contributed by atoms with E-state index in [0.29, 0.717) is 25.4 Å². The molecule has 120 valence electrons. The van der Waals surface area contributed by atoms with Crippen molar-refractivity contribution in [3.8, 4) is 0 Å². The SMILES string of the molecule is CCC1OCCC1CNC(=O)N1CCCCCC1C(=O)O. The largest absolute Gasteiger partial charge is 0.480 e. The van der Waals surface area contributed by atoms with Crippen molar-refractivity contribution in [3.05, 3.63) is 0 Å². The van der Waals surface area contributed by atoms with Crippen LogP contribution in [0.25, 0.3) is 0 Å². The molecule has 2 rings (SSSR count). The summed E-state index contributed by atoms with van der Waals surface area (Å²) in [5.41, 5.74) is 0. The maximum atomic E-state index is 12.3. The number of carbonyl (C=O) groups excluding carboxylic acids is 1. The monoisotopic (exact) mass is 298 g/mol. The number of hydrogen-bond acceptors (Lipinski definition) is 3. The molecule has 2 N–H and O–H groups in total. The zero-order chi connectivity index (χ0) is 15.2. The molecule has 0 aromatic carbocycles. The van der Waals surface area contributed by atoms with Crippen molar-refractivity contribution in [3.63, 3.8) is 0 Å². The van der Waals surface area contributed by atoms with Gasteiger partial charge in [0.15, 0.2) is 0 Å². The first-order valence-electron chi connectivity index (χ1n) is 8.02. The van der Waals surface area contributed by atoms with Gasteiger partial charge in [-0.15, -0.1) is 0 Å². The first-order chi connectivity index (χ1) is 10.1. The summed E-state index contributed by atoms with van der Waals surface area (Å²) in [7, 11) is 0. The van der Waals surface area contributed by atoms with Crippen molar-refractivity contribution < 1.29 is 19.4 Å². The minimum atomic E-state index is -0.900. The smallest absolute Gasteiger partial charge is 0.326 e. The van der Waals surface area contributed by atoms with Crippen LogP contribution in [0.15, 0.2) is 0 Å². The summed E-state index contributed by atoms with van der Waals surface area (Å²) in [4.78, 5) is 25.2. The highest BCUT2D eigenvalue weighted by Crippen LogP contribution is 2.23. The Morgan fingerprint density at radius 2 is 2.10 bits per heavy atom. The maximum absolute atomic E-state index is 12.3. The third-order valence-electron chi connectivity index (χ3n) is 4.56. The molecular weight excluding hydrogens is 272 g/mol. The number of amides is 2. The number of urea groups is 1. The van der Waals surface area contributed by atoms with Gasteiger partial charge in [0.1, 0.15) is 6.04 Å². The summed E-state index contributed by atoms with van der Waals surface area (Å²) in [6, 6.07) is -0.930. The van der Waals surface area contributed by atoms with E-state index in [-0.39, 0.29) is 12.1 Å². The standard InChI is InChI=1S/C15H26N2O4/c1-2-13-11(7-9-21-13)10-16-15(20)17-8-5-3-4-6-12(17)14(18)19/h11-13H,2-10H2,1H3,(H,16,20)(H,18,19). The predicted octanol–water partition coefficient (Wildman–Crippen LogP) is 1.84. The van der Waals surface area contributed by atoms with E-state index in [9.17, 15) is 14.7 Å². The molecule has 3 atom stereocenters. The number of aliphatic carboxylic acids is 1. The van der Waals surface area contributed by atoms with E-state index in [0.717, 1.165) is 38.7 Å². The lowest BCUT2D eigenvalue weighted by Crippen LogP contribution is -2.50. The molecule has 2 amide bonds. The van der Waals surface area contributed by atoms with Crippen molar-refractivity contribution in [2.24, 2.45) is 5.92 Å². The Kier molecular flexibility index (Phi) is 5.85. The minimum Gasteiger partial charge on any atom is -0.480 e. The third kappa shape index (κ3) is 4.09. The van der Waals surface area contributed by atoms with Crippen LogP contribution in [0.5, 0.6) is 0 Å². The van der Waals surface area contributed by atoms with Crippen LogP contribution in [0.3, 0.4) is 0 Å². The van der Waals surface area contributed by atoms with Gasteiger partial charge in [-0.25, -0.2) is 9.59 Å². The van der Waals surface area contributed by atoms with Gasteiger partial charge in [-0.1, -0.05) is 19.8 Å². The molecule has 6 heteroatoms. The average molecular weight is 298 g/mol. The Labute approximate surface area is 125 Å². The van der Waals surface area contributed by atoms with Crippen LogP contribution < -0.4 is 5.32 Å². The maximum Gasteiger partial charge on any atom is 0.326 e. The second-order valence-corrected chi connectivity index (χ2v) is 5.95. The molecule has 2 heterocycles. The van der Waals surface area contributed by atoms with Gasteiger partial charge in [0.25, 0.3) is 0 Å². The molecule has 21 heavy (non-hydrogen) atoms. The van der Waals surface area contributed by atoms with Crippen molar-refractivity contribution >= 4 is 12.0 Å². The molecule has 2 aliphatic heterocycles. The number of carboxylic acid groups (broad SMARTS) is 1. The third-order valence-corrected chi connectivity index (χ3v) is 4.56. The lowest BCUT2D eigenvalue weighted by atomic mass is 10.00. The summed E-state index contributed by atoms with van der Waals surface area (Å²) >= 11 is 0. The molecule has 2 saturated heterocycles. The Morgan fingerprint density at radius 3 is 2.81 bits per heavy atom. The summed E-state index contributed by atoms with van der Waals surface area (Å²) < 4.78 is 5.61. The van der Waals surface area contributed by atoms with Gasteiger partial charge in [0, 0.05) is 25.6 Å². The highest BCUT2D eigenvalue weighted by atomic mass is 16.5. The van der Waals surface area contributed by atoms with Crippen molar-refractivity contribution in [1.29, 1.82) is 0 Å². The fourth-order valence-corrected chi connectivity index (χ4v) is 3.31. The highest BCUT2D eigenvalue weighted by molar-refractivity contribution is 5.82. The van der Waals surface area contributed by atoms with E-state index in [1.165, 1.54) is 4.90 Å². The predicted molar refractivity (Wildman–Crippen MR) is 78.1 cm³/mol. The lowest BCUT2D eigenvalue weighted by Gasteiger charge is -2.28. The average Bonchev–Trinajstić information content (AvgIpc) is 2.77. The molecule has 6 nitrogen and oxygen atoms in total. The van der Waals surface area contributed by atoms with Gasteiger partial charge in [-0.05, 0) is 25.7 Å². The van der Waals surface area contributed by atoms with E-state index >= 15 is 0 Å². The zero-order valence-electron chi connectivity index (χ0n) is 12.7. The van der Waals surface area contributed by atoms with E-state index < -0.39 is 12.0 Å². The minimum absolute atomic E-state index is 0.213. The topological polar surface area (TPSA) is 78.9 Å². The molecule has 0 saturated carbocycles. The first-order valence-corrected chi connectivity index (χ1v) is 8.02. The van der Waals surface area contributed by atoms with Gasteiger partial charge >= 0.3 is 12.0 Å². The number of ether oxygens (including phenoxy) is 1. The number of rotatable bonds is 4. The molecule has 3 unspecified atom stereocenters. The summed E-state index contributed by atoms with van der Waals surface area (Å²) in [6.45, 7) is 3.93. The zero-order valence-corrected chi connectivity index (χ0v) is 12.7. The van der Waals surface area contributed by atoms with Gasteiger partial charge in [0.05, 0.1) is 6.10 Å². The van der Waals surface area contributed by atoms with E-state index in [1.807, 2.05) is 0 Å². The Balaban J connectivity index is 1.89. The molecule has 0 aromatic heterocycles. The van der Waals surface area contributed by atoms with Gasteiger partial charge < -0.3 is 20.1 Å². The molecular formula is C15H26N2O4. The normalized spacial score (nSPS) is 30.0. The van der Waals surface area contributed by atoms with E-state index in [4.69, 9.17) is 4.74 Å². The number of likely N-dealkylation sites (tertiary alicyclic amines) is 1. The molecule has 0 bridgehead atoms. The second kappa shape index (κ2) is 7.64. The van der Waals surface area contributed by atoms with E-state index in [2.05, 4.69) is 12.2 Å². The van der Waals surface area contributed by atoms with Gasteiger partial charge in [0.2, 0.25) is 0 Å². The molecule has 0 spiro atoms. The summed E-state index contributed by atoms with van der Waals surface area (Å²) in [5, 5.41) is 12.2. The van der Waals surface area contributed by atoms with Crippen molar-refractivity contribution in [2.45, 2.75) is 57.6 Å². The van der Waals surface area contributed by atoms with Crippen LogP contribution in [-0.4, -0.2) is 53.8 Å². The molecule has 2 aliphatic rings. The van der Waals surface area contributed by atoms with Crippen LogP contribution in [0, 0.1) is 5.92 Å².